The van der Waals surface area contributed by atoms with Crippen LogP contribution in [0.1, 0.15) is 32.4 Å². The minimum absolute atomic E-state index is 0.0511. The van der Waals surface area contributed by atoms with Crippen molar-refractivity contribution in [2.45, 2.75) is 51.2 Å². The number of aromatic nitrogens is 2. The van der Waals surface area contributed by atoms with Crippen LogP contribution in [0, 0.1) is 5.92 Å². The number of carbonyl (C=O) groups is 4. The number of nitrogens with zero attached hydrogens (tertiary/aromatic N) is 1. The summed E-state index contributed by atoms with van der Waals surface area (Å²) in [6.07, 6.45) is 5.51. The molecule has 3 amide bonds. The van der Waals surface area contributed by atoms with Crippen LogP contribution in [0.15, 0.2) is 12.5 Å². The highest BCUT2D eigenvalue weighted by Crippen LogP contribution is 2.08. The van der Waals surface area contributed by atoms with Gasteiger partial charge in [0, 0.05) is 18.3 Å². The first-order valence-electron chi connectivity index (χ1n) is 9.97. The van der Waals surface area contributed by atoms with Gasteiger partial charge in [-0.15, -0.1) is 0 Å². The molecule has 0 saturated carbocycles. The number of H-pyrrole nitrogens is 1. The first-order chi connectivity index (χ1) is 14.7. The fourth-order valence-corrected chi connectivity index (χ4v) is 3.29. The normalized spacial score (nSPS) is 13.8. The summed E-state index contributed by atoms with van der Waals surface area (Å²) in [5, 5.41) is 17.1. The van der Waals surface area contributed by atoms with Crippen molar-refractivity contribution in [3.8, 4) is 0 Å². The first-order valence-corrected chi connectivity index (χ1v) is 11.4. The molecule has 1 heterocycles. The quantitative estimate of drug-likeness (QED) is 0.211. The lowest BCUT2D eigenvalue weighted by Gasteiger charge is -2.25. The van der Waals surface area contributed by atoms with E-state index in [0.29, 0.717) is 17.9 Å². The Morgan fingerprint density at radius 2 is 1.77 bits per heavy atom. The summed E-state index contributed by atoms with van der Waals surface area (Å²) in [5.41, 5.74) is 5.96. The average molecular weight is 457 g/mol. The molecule has 3 atom stereocenters. The lowest BCUT2D eigenvalue weighted by Crippen LogP contribution is -2.57. The Hall–Kier alpha value is -2.60. The topological polar surface area (TPSA) is 179 Å². The van der Waals surface area contributed by atoms with Gasteiger partial charge in [-0.3, -0.25) is 14.4 Å². The monoisotopic (exact) mass is 456 g/mol. The number of carbonyl (C=O) groups excluding carboxylic acids is 3. The molecule has 1 aromatic heterocycles. The Labute approximate surface area is 185 Å². The predicted octanol–water partition coefficient (Wildman–Crippen LogP) is -0.751. The lowest BCUT2D eigenvalue weighted by molar-refractivity contribution is -0.142. The fourth-order valence-electron chi connectivity index (χ4n) is 2.82. The zero-order valence-electron chi connectivity index (χ0n) is 18.0. The summed E-state index contributed by atoms with van der Waals surface area (Å²) in [5.74, 6) is -2.20. The molecule has 0 bridgehead atoms. The molecule has 0 fully saturated rings. The highest BCUT2D eigenvalue weighted by atomic mass is 32.2. The van der Waals surface area contributed by atoms with Crippen molar-refractivity contribution >= 4 is 35.5 Å². The van der Waals surface area contributed by atoms with Crippen molar-refractivity contribution in [3.63, 3.8) is 0 Å². The Bertz CT molecular complexity index is 727. The van der Waals surface area contributed by atoms with E-state index >= 15 is 0 Å². The van der Waals surface area contributed by atoms with Gasteiger partial charge in [0.2, 0.25) is 17.7 Å². The summed E-state index contributed by atoms with van der Waals surface area (Å²) in [7, 11) is 0. The molecule has 174 valence electrons. The number of carboxylic acid groups (broad SMARTS) is 1. The van der Waals surface area contributed by atoms with E-state index in [1.165, 1.54) is 24.3 Å². The molecule has 3 unspecified atom stereocenters. The van der Waals surface area contributed by atoms with Crippen molar-refractivity contribution in [2.24, 2.45) is 11.7 Å². The molecule has 0 aromatic carbocycles. The van der Waals surface area contributed by atoms with Gasteiger partial charge in [0.1, 0.15) is 18.1 Å². The number of hydrogen-bond donors (Lipinski definition) is 6. The van der Waals surface area contributed by atoms with E-state index in [-0.39, 0.29) is 25.3 Å². The van der Waals surface area contributed by atoms with Crippen LogP contribution in [0.4, 0.5) is 0 Å². The smallest absolute Gasteiger partial charge is 0.326 e. The van der Waals surface area contributed by atoms with E-state index in [1.54, 1.807) is 0 Å². The first kappa shape index (κ1) is 26.4. The molecule has 7 N–H and O–H groups in total. The Morgan fingerprint density at radius 3 is 2.29 bits per heavy atom. The summed E-state index contributed by atoms with van der Waals surface area (Å²) >= 11 is 1.47. The molecular formula is C19H32N6O5S. The van der Waals surface area contributed by atoms with Crippen LogP contribution in [0.25, 0.3) is 0 Å². The molecule has 31 heavy (non-hydrogen) atoms. The minimum atomic E-state index is -1.13. The van der Waals surface area contributed by atoms with E-state index < -0.39 is 41.8 Å². The van der Waals surface area contributed by atoms with Crippen LogP contribution in [-0.4, -0.2) is 75.4 Å². The second-order valence-corrected chi connectivity index (χ2v) is 8.46. The summed E-state index contributed by atoms with van der Waals surface area (Å²) in [6, 6.07) is -2.99. The molecule has 1 rings (SSSR count). The standard InChI is InChI=1S/C19H32N6O5S/c1-11(2)6-14(17(27)24-13(19(29)30)4-5-31-3)25-18(28)15(23-16(26)8-20)7-12-9-21-10-22-12/h9-11,13-15H,4-8,20H2,1-3H3,(H,21,22)(H,23,26)(H,24,27)(H,25,28)(H,29,30). The van der Waals surface area contributed by atoms with Gasteiger partial charge in [-0.25, -0.2) is 9.78 Å². The molecule has 0 spiro atoms. The van der Waals surface area contributed by atoms with E-state index in [0.717, 1.165) is 0 Å². The largest absolute Gasteiger partial charge is 0.480 e. The zero-order valence-corrected chi connectivity index (χ0v) is 18.8. The summed E-state index contributed by atoms with van der Waals surface area (Å²) < 4.78 is 0. The van der Waals surface area contributed by atoms with Crippen LogP contribution in [0.5, 0.6) is 0 Å². The number of nitrogens with two attached hydrogens (primary N) is 1. The van der Waals surface area contributed by atoms with Crippen LogP contribution in [-0.2, 0) is 25.6 Å². The van der Waals surface area contributed by atoms with Gasteiger partial charge < -0.3 is 31.8 Å². The lowest BCUT2D eigenvalue weighted by atomic mass is 10.0. The maximum absolute atomic E-state index is 12.9. The van der Waals surface area contributed by atoms with Gasteiger partial charge >= 0.3 is 5.97 Å². The highest BCUT2D eigenvalue weighted by molar-refractivity contribution is 7.98. The van der Waals surface area contributed by atoms with E-state index in [1.807, 2.05) is 20.1 Å². The van der Waals surface area contributed by atoms with Crippen LogP contribution in [0.3, 0.4) is 0 Å². The number of nitrogens with one attached hydrogen (secondary N) is 4. The van der Waals surface area contributed by atoms with Gasteiger partial charge in [0.05, 0.1) is 12.9 Å². The van der Waals surface area contributed by atoms with Gasteiger partial charge in [-0.1, -0.05) is 13.8 Å². The number of aliphatic carboxylic acids is 1. The molecule has 0 radical (unpaired) electrons. The fraction of sp³-hybridized carbons (Fsp3) is 0.632. The minimum Gasteiger partial charge on any atom is -0.480 e. The number of carboxylic acids is 1. The third-order valence-electron chi connectivity index (χ3n) is 4.38. The summed E-state index contributed by atoms with van der Waals surface area (Å²) in [4.78, 5) is 55.7. The van der Waals surface area contributed by atoms with Crippen molar-refractivity contribution in [1.82, 2.24) is 25.9 Å². The third-order valence-corrected chi connectivity index (χ3v) is 5.03. The molecule has 11 nitrogen and oxygen atoms in total. The number of imidazole rings is 1. The molecule has 0 aliphatic carbocycles. The van der Waals surface area contributed by atoms with E-state index in [9.17, 15) is 24.3 Å². The summed E-state index contributed by atoms with van der Waals surface area (Å²) in [6.45, 7) is 3.47. The third kappa shape index (κ3) is 9.83. The molecule has 12 heteroatoms. The van der Waals surface area contributed by atoms with Gasteiger partial charge in [-0.05, 0) is 30.8 Å². The SMILES string of the molecule is CSCCC(NC(=O)C(CC(C)C)NC(=O)C(Cc1cnc[nH]1)NC(=O)CN)C(=O)O. The maximum atomic E-state index is 12.9. The Kier molecular flexibility index (Phi) is 11.6. The number of aromatic amines is 1. The Morgan fingerprint density at radius 1 is 1.13 bits per heavy atom. The van der Waals surface area contributed by atoms with E-state index in [4.69, 9.17) is 5.73 Å². The second kappa shape index (κ2) is 13.7. The molecule has 1 aromatic rings. The van der Waals surface area contributed by atoms with Gasteiger partial charge in [0.25, 0.3) is 0 Å². The number of rotatable bonds is 14. The number of thioether (sulfide) groups is 1. The Balaban J connectivity index is 2.94. The van der Waals surface area contributed by atoms with E-state index in [2.05, 4.69) is 25.9 Å². The van der Waals surface area contributed by atoms with Crippen LogP contribution in [0.2, 0.25) is 0 Å². The second-order valence-electron chi connectivity index (χ2n) is 7.48. The molecule has 0 aliphatic rings. The van der Waals surface area contributed by atoms with Crippen molar-refractivity contribution in [3.05, 3.63) is 18.2 Å². The van der Waals surface area contributed by atoms with Crippen LogP contribution < -0.4 is 21.7 Å². The predicted molar refractivity (Wildman–Crippen MR) is 117 cm³/mol. The van der Waals surface area contributed by atoms with Crippen molar-refractivity contribution in [2.75, 3.05) is 18.6 Å². The van der Waals surface area contributed by atoms with Crippen LogP contribution >= 0.6 is 11.8 Å². The van der Waals surface area contributed by atoms with Gasteiger partial charge in [0.15, 0.2) is 0 Å². The molecular weight excluding hydrogens is 424 g/mol. The number of amides is 3. The maximum Gasteiger partial charge on any atom is 0.326 e. The van der Waals surface area contributed by atoms with Crippen molar-refractivity contribution in [1.29, 1.82) is 0 Å². The zero-order chi connectivity index (χ0) is 23.4. The molecule has 0 saturated heterocycles. The molecule has 0 aliphatic heterocycles. The average Bonchev–Trinajstić information content (AvgIpc) is 3.22. The van der Waals surface area contributed by atoms with Gasteiger partial charge in [-0.2, -0.15) is 11.8 Å². The van der Waals surface area contributed by atoms with Crippen molar-refractivity contribution < 1.29 is 24.3 Å². The highest BCUT2D eigenvalue weighted by Gasteiger charge is 2.30. The number of hydrogen-bond acceptors (Lipinski definition) is 7.